The number of carbonyl (C=O) groups excluding carboxylic acids is 2. The summed E-state index contributed by atoms with van der Waals surface area (Å²) < 4.78 is 15.0. The Bertz CT molecular complexity index is 307. The molecule has 0 bridgehead atoms. The Morgan fingerprint density at radius 1 is 1.18 bits per heavy atom. The molecule has 0 spiro atoms. The number of alkyl halides is 1. The van der Waals surface area contributed by atoms with E-state index in [2.05, 4.69) is 0 Å². The van der Waals surface area contributed by atoms with Crippen molar-refractivity contribution in [1.29, 1.82) is 0 Å². The smallest absolute Gasteiger partial charge is 0.303 e. The number of esters is 2. The molecule has 1 unspecified atom stereocenters. The lowest BCUT2D eigenvalue weighted by Gasteiger charge is -2.40. The lowest BCUT2D eigenvalue weighted by molar-refractivity contribution is -0.238. The highest BCUT2D eigenvalue weighted by Gasteiger charge is 2.46. The topological polar surface area (TPSA) is 82.1 Å². The van der Waals surface area contributed by atoms with Gasteiger partial charge in [0.15, 0.2) is 18.5 Å². The van der Waals surface area contributed by atoms with Gasteiger partial charge >= 0.3 is 11.9 Å². The maximum Gasteiger partial charge on any atom is 0.303 e. The number of halogens is 1. The van der Waals surface area contributed by atoms with Crippen LogP contribution in [0.15, 0.2) is 0 Å². The number of hydrogen-bond acceptors (Lipinski definition) is 6. The Balaban J connectivity index is 2.86. The Hall–Kier alpha value is -0.850. The van der Waals surface area contributed by atoms with Crippen LogP contribution >= 0.6 is 11.6 Å². The second-order valence-electron chi connectivity index (χ2n) is 3.82. The van der Waals surface area contributed by atoms with Gasteiger partial charge in [-0.1, -0.05) is 0 Å². The number of ether oxygens (including phenoxy) is 3. The van der Waals surface area contributed by atoms with Gasteiger partial charge in [-0.05, 0) is 6.92 Å². The first kappa shape index (κ1) is 14.2. The number of rotatable bonds is 2. The molecular weight excluding hydrogens is 252 g/mol. The molecule has 0 saturated carbocycles. The van der Waals surface area contributed by atoms with E-state index in [4.69, 9.17) is 25.8 Å². The predicted octanol–water partition coefficient (Wildman–Crippen LogP) is 0.194. The van der Waals surface area contributed by atoms with Crippen molar-refractivity contribution < 1.29 is 28.9 Å². The predicted molar refractivity (Wildman–Crippen MR) is 57.3 cm³/mol. The zero-order valence-electron chi connectivity index (χ0n) is 9.75. The number of carbonyl (C=O) groups is 2. The van der Waals surface area contributed by atoms with Crippen LogP contribution in [0.1, 0.15) is 20.8 Å². The number of aliphatic hydroxyl groups is 1. The van der Waals surface area contributed by atoms with Gasteiger partial charge in [0.25, 0.3) is 0 Å². The Kier molecular flexibility index (Phi) is 4.73. The van der Waals surface area contributed by atoms with E-state index in [-0.39, 0.29) is 0 Å². The van der Waals surface area contributed by atoms with Gasteiger partial charge in [-0.25, -0.2) is 0 Å². The third-order valence-electron chi connectivity index (χ3n) is 2.33. The summed E-state index contributed by atoms with van der Waals surface area (Å²) in [5.41, 5.74) is 0. The van der Waals surface area contributed by atoms with E-state index in [1.165, 1.54) is 13.8 Å². The zero-order chi connectivity index (χ0) is 13.2. The molecule has 5 atom stereocenters. The summed E-state index contributed by atoms with van der Waals surface area (Å²) >= 11 is 5.88. The molecule has 1 aliphatic heterocycles. The quantitative estimate of drug-likeness (QED) is 0.568. The second kappa shape index (κ2) is 5.66. The van der Waals surface area contributed by atoms with Crippen LogP contribution in [0, 0.1) is 0 Å². The molecule has 1 N–H and O–H groups in total. The van der Waals surface area contributed by atoms with Crippen LogP contribution in [0.3, 0.4) is 0 Å². The molecule has 6 nitrogen and oxygen atoms in total. The van der Waals surface area contributed by atoms with Crippen LogP contribution in [0.5, 0.6) is 0 Å². The molecule has 1 rings (SSSR count). The van der Waals surface area contributed by atoms with Gasteiger partial charge in [-0.3, -0.25) is 9.59 Å². The van der Waals surface area contributed by atoms with Crippen molar-refractivity contribution in [2.45, 2.75) is 50.8 Å². The minimum absolute atomic E-state index is 0.539. The van der Waals surface area contributed by atoms with Crippen LogP contribution in [-0.2, 0) is 23.8 Å². The first-order chi connectivity index (χ1) is 7.82. The highest BCUT2D eigenvalue weighted by Crippen LogP contribution is 2.28. The SMILES string of the molecule is CC(=O)O[C@@H]1[C@H](OC(C)=O)[C@@H](Cl)C(O)O[C@@H]1C. The summed E-state index contributed by atoms with van der Waals surface area (Å²) in [5, 5.41) is 8.51. The molecule has 1 aliphatic rings. The van der Waals surface area contributed by atoms with Crippen molar-refractivity contribution in [2.24, 2.45) is 0 Å². The first-order valence-corrected chi connectivity index (χ1v) is 5.58. The molecule has 0 aromatic heterocycles. The van der Waals surface area contributed by atoms with E-state index in [9.17, 15) is 14.7 Å². The van der Waals surface area contributed by atoms with Crippen molar-refractivity contribution in [3.63, 3.8) is 0 Å². The maximum atomic E-state index is 11.0. The molecular formula is C10H15ClO6. The molecule has 1 heterocycles. The van der Waals surface area contributed by atoms with Gasteiger partial charge < -0.3 is 19.3 Å². The minimum Gasteiger partial charge on any atom is -0.457 e. The highest BCUT2D eigenvalue weighted by molar-refractivity contribution is 6.21. The van der Waals surface area contributed by atoms with E-state index >= 15 is 0 Å². The molecule has 0 aromatic rings. The van der Waals surface area contributed by atoms with Gasteiger partial charge in [0.2, 0.25) is 0 Å². The molecule has 0 radical (unpaired) electrons. The van der Waals surface area contributed by atoms with Crippen molar-refractivity contribution in [3.8, 4) is 0 Å². The standard InChI is InChI=1S/C10H15ClO6/c1-4-8(16-5(2)12)9(17-6(3)13)7(11)10(14)15-4/h4,7-10,14H,1-3H3/t4-,7-,8+,9-,10?/m1/s1. The molecule has 0 amide bonds. The average molecular weight is 267 g/mol. The second-order valence-corrected chi connectivity index (χ2v) is 4.33. The van der Waals surface area contributed by atoms with Crippen molar-refractivity contribution in [3.05, 3.63) is 0 Å². The van der Waals surface area contributed by atoms with E-state index in [1.54, 1.807) is 6.92 Å². The van der Waals surface area contributed by atoms with Crippen molar-refractivity contribution in [2.75, 3.05) is 0 Å². The van der Waals surface area contributed by atoms with E-state index in [0.29, 0.717) is 0 Å². The Morgan fingerprint density at radius 2 is 1.65 bits per heavy atom. The summed E-state index contributed by atoms with van der Waals surface area (Å²) in [5.74, 6) is -1.11. The molecule has 0 aromatic carbocycles. The van der Waals surface area contributed by atoms with Gasteiger partial charge in [-0.15, -0.1) is 11.6 Å². The van der Waals surface area contributed by atoms with Crippen molar-refractivity contribution >= 4 is 23.5 Å². The summed E-state index contributed by atoms with van der Waals surface area (Å²) in [6.07, 6.45) is -3.66. The molecule has 1 fully saturated rings. The molecule has 0 aliphatic carbocycles. The van der Waals surface area contributed by atoms with E-state index < -0.39 is 41.9 Å². The molecule has 1 saturated heterocycles. The molecule has 7 heteroatoms. The van der Waals surface area contributed by atoms with Gasteiger partial charge in [0, 0.05) is 13.8 Å². The largest absolute Gasteiger partial charge is 0.457 e. The van der Waals surface area contributed by atoms with E-state index in [1.807, 2.05) is 0 Å². The van der Waals surface area contributed by atoms with Crippen molar-refractivity contribution in [1.82, 2.24) is 0 Å². The highest BCUT2D eigenvalue weighted by atomic mass is 35.5. The fourth-order valence-corrected chi connectivity index (χ4v) is 1.92. The van der Waals surface area contributed by atoms with Crippen LogP contribution in [-0.4, -0.2) is 47.0 Å². The monoisotopic (exact) mass is 266 g/mol. The van der Waals surface area contributed by atoms with Gasteiger partial charge in [0.05, 0.1) is 6.10 Å². The third kappa shape index (κ3) is 3.55. The summed E-state index contributed by atoms with van der Waals surface area (Å²) in [7, 11) is 0. The van der Waals surface area contributed by atoms with Crippen LogP contribution in [0.2, 0.25) is 0 Å². The average Bonchev–Trinajstić information content (AvgIpc) is 2.19. The van der Waals surface area contributed by atoms with Crippen LogP contribution in [0.25, 0.3) is 0 Å². The molecule has 98 valence electrons. The lowest BCUT2D eigenvalue weighted by Crippen LogP contribution is -2.57. The van der Waals surface area contributed by atoms with E-state index in [0.717, 1.165) is 0 Å². The Labute approximate surface area is 104 Å². The van der Waals surface area contributed by atoms with Gasteiger partial charge in [0.1, 0.15) is 5.38 Å². The fraction of sp³-hybridized carbons (Fsp3) is 0.800. The summed E-state index contributed by atoms with van der Waals surface area (Å²) in [4.78, 5) is 21.9. The molecule has 17 heavy (non-hydrogen) atoms. The summed E-state index contributed by atoms with van der Waals surface area (Å²) in [6, 6.07) is 0. The number of hydrogen-bond donors (Lipinski definition) is 1. The zero-order valence-corrected chi connectivity index (χ0v) is 10.5. The normalized spacial score (nSPS) is 37.4. The fourth-order valence-electron chi connectivity index (χ4n) is 1.66. The van der Waals surface area contributed by atoms with Gasteiger partial charge in [-0.2, -0.15) is 0 Å². The van der Waals surface area contributed by atoms with Crippen LogP contribution in [0.4, 0.5) is 0 Å². The minimum atomic E-state index is -1.28. The number of aliphatic hydroxyl groups excluding tert-OH is 1. The summed E-state index contributed by atoms with van der Waals surface area (Å²) in [6.45, 7) is 4.03. The maximum absolute atomic E-state index is 11.0. The Morgan fingerprint density at radius 3 is 2.12 bits per heavy atom. The van der Waals surface area contributed by atoms with Crippen LogP contribution < -0.4 is 0 Å². The lowest BCUT2D eigenvalue weighted by atomic mass is 10.0. The first-order valence-electron chi connectivity index (χ1n) is 5.15. The third-order valence-corrected chi connectivity index (χ3v) is 2.79.